The van der Waals surface area contributed by atoms with Crippen LogP contribution in [0.1, 0.15) is 43.0 Å². The molecule has 1 fully saturated rings. The maximum absolute atomic E-state index is 11.0. The molecule has 0 spiro atoms. The lowest BCUT2D eigenvalue weighted by atomic mass is 9.87. The normalized spacial score (nSPS) is 22.8. The summed E-state index contributed by atoms with van der Waals surface area (Å²) in [6.45, 7) is 2.21. The van der Waals surface area contributed by atoms with Gasteiger partial charge in [0.25, 0.3) is 5.69 Å². The van der Waals surface area contributed by atoms with Gasteiger partial charge in [0.1, 0.15) is 12.0 Å². The smallest absolute Gasteiger partial charge is 0.293 e. The van der Waals surface area contributed by atoms with Gasteiger partial charge in [-0.3, -0.25) is 14.9 Å². The Morgan fingerprint density at radius 1 is 1.42 bits per heavy atom. The van der Waals surface area contributed by atoms with Crippen LogP contribution in [0.25, 0.3) is 0 Å². The van der Waals surface area contributed by atoms with Crippen LogP contribution in [-0.4, -0.2) is 17.3 Å². The van der Waals surface area contributed by atoms with Gasteiger partial charge in [0.15, 0.2) is 0 Å². The number of carbonyl (C=O) groups excluding carboxylic acids is 1. The van der Waals surface area contributed by atoms with E-state index in [0.29, 0.717) is 23.5 Å². The molecule has 0 bridgehead atoms. The summed E-state index contributed by atoms with van der Waals surface area (Å²) in [5.41, 5.74) is 0.812. The van der Waals surface area contributed by atoms with Gasteiger partial charge in [0.2, 0.25) is 0 Å². The average molecular weight is 262 g/mol. The minimum absolute atomic E-state index is 0.0252. The first-order valence-corrected chi connectivity index (χ1v) is 6.60. The van der Waals surface area contributed by atoms with Crippen LogP contribution in [0.15, 0.2) is 18.2 Å². The molecule has 1 aromatic rings. The predicted octanol–water partition coefficient (Wildman–Crippen LogP) is 3.40. The van der Waals surface area contributed by atoms with Gasteiger partial charge in [-0.1, -0.05) is 19.8 Å². The second-order valence-electron chi connectivity index (χ2n) is 5.26. The number of anilines is 1. The molecule has 0 aliphatic heterocycles. The lowest BCUT2D eigenvalue weighted by Gasteiger charge is -2.28. The number of nitrogens with zero attached hydrogens (tertiary/aromatic N) is 1. The van der Waals surface area contributed by atoms with Crippen LogP contribution in [-0.2, 0) is 0 Å². The Morgan fingerprint density at radius 3 is 2.84 bits per heavy atom. The Morgan fingerprint density at radius 2 is 2.21 bits per heavy atom. The molecule has 5 heteroatoms. The molecule has 1 N–H and O–H groups in total. The van der Waals surface area contributed by atoms with Crippen molar-refractivity contribution in [2.24, 2.45) is 5.92 Å². The van der Waals surface area contributed by atoms with Crippen molar-refractivity contribution in [2.45, 2.75) is 38.6 Å². The van der Waals surface area contributed by atoms with Gasteiger partial charge in [0.05, 0.1) is 4.92 Å². The predicted molar refractivity (Wildman–Crippen MR) is 73.5 cm³/mol. The third kappa shape index (κ3) is 3.30. The number of benzene rings is 1. The standard InChI is InChI=1S/C14H18N2O3/c1-10-3-2-4-12(7-10)15-13-6-5-11(9-17)8-14(13)16(18)19/h5-6,8-10,12,15H,2-4,7H2,1H3. The molecule has 0 amide bonds. The fourth-order valence-corrected chi connectivity index (χ4v) is 2.68. The van der Waals surface area contributed by atoms with Crippen molar-refractivity contribution in [3.05, 3.63) is 33.9 Å². The average Bonchev–Trinajstić information content (AvgIpc) is 2.39. The maximum Gasteiger partial charge on any atom is 0.293 e. The molecule has 1 aliphatic rings. The molecule has 2 atom stereocenters. The number of rotatable bonds is 4. The van der Waals surface area contributed by atoms with E-state index in [-0.39, 0.29) is 11.7 Å². The van der Waals surface area contributed by atoms with E-state index >= 15 is 0 Å². The Balaban J connectivity index is 2.19. The van der Waals surface area contributed by atoms with Crippen molar-refractivity contribution < 1.29 is 9.72 Å². The van der Waals surface area contributed by atoms with E-state index in [1.807, 2.05) is 0 Å². The molecule has 5 nitrogen and oxygen atoms in total. The summed E-state index contributed by atoms with van der Waals surface area (Å²) in [7, 11) is 0. The van der Waals surface area contributed by atoms with Crippen LogP contribution in [0.5, 0.6) is 0 Å². The minimum atomic E-state index is -0.443. The quantitative estimate of drug-likeness (QED) is 0.513. The van der Waals surface area contributed by atoms with E-state index in [0.717, 1.165) is 19.3 Å². The Bertz CT molecular complexity index is 488. The topological polar surface area (TPSA) is 72.2 Å². The number of carbonyl (C=O) groups is 1. The van der Waals surface area contributed by atoms with Crippen molar-refractivity contribution in [2.75, 3.05) is 5.32 Å². The van der Waals surface area contributed by atoms with Crippen LogP contribution >= 0.6 is 0 Å². The summed E-state index contributed by atoms with van der Waals surface area (Å²) in [4.78, 5) is 21.3. The largest absolute Gasteiger partial charge is 0.377 e. The van der Waals surface area contributed by atoms with Crippen LogP contribution in [0, 0.1) is 16.0 Å². The van der Waals surface area contributed by atoms with Crippen molar-refractivity contribution in [3.63, 3.8) is 0 Å². The minimum Gasteiger partial charge on any atom is -0.377 e. The highest BCUT2D eigenvalue weighted by Crippen LogP contribution is 2.30. The molecule has 0 saturated heterocycles. The molecule has 1 aliphatic carbocycles. The first kappa shape index (κ1) is 13.5. The van der Waals surface area contributed by atoms with Gasteiger partial charge in [0, 0.05) is 17.7 Å². The maximum atomic E-state index is 11.0. The molecule has 2 rings (SSSR count). The summed E-state index contributed by atoms with van der Waals surface area (Å²) in [6, 6.07) is 4.83. The van der Waals surface area contributed by atoms with Crippen LogP contribution in [0.3, 0.4) is 0 Å². The molecule has 19 heavy (non-hydrogen) atoms. The van der Waals surface area contributed by atoms with Gasteiger partial charge < -0.3 is 5.32 Å². The monoisotopic (exact) mass is 262 g/mol. The van der Waals surface area contributed by atoms with E-state index in [2.05, 4.69) is 12.2 Å². The second-order valence-corrected chi connectivity index (χ2v) is 5.26. The van der Waals surface area contributed by atoms with E-state index < -0.39 is 4.92 Å². The van der Waals surface area contributed by atoms with E-state index in [1.54, 1.807) is 12.1 Å². The lowest BCUT2D eigenvalue weighted by Crippen LogP contribution is -2.26. The second kappa shape index (κ2) is 5.82. The van der Waals surface area contributed by atoms with Gasteiger partial charge in [-0.15, -0.1) is 0 Å². The molecule has 0 radical (unpaired) electrons. The van der Waals surface area contributed by atoms with Gasteiger partial charge in [-0.05, 0) is 30.9 Å². The molecule has 1 aromatic carbocycles. The first-order chi connectivity index (χ1) is 9.10. The number of hydrogen-bond acceptors (Lipinski definition) is 4. The summed E-state index contributed by atoms with van der Waals surface area (Å²) < 4.78 is 0. The summed E-state index contributed by atoms with van der Waals surface area (Å²) in [5.74, 6) is 0.652. The lowest BCUT2D eigenvalue weighted by molar-refractivity contribution is -0.384. The van der Waals surface area contributed by atoms with Crippen molar-refractivity contribution in [1.29, 1.82) is 0 Å². The highest BCUT2D eigenvalue weighted by Gasteiger charge is 2.22. The fourth-order valence-electron chi connectivity index (χ4n) is 2.68. The Kier molecular flexibility index (Phi) is 4.14. The number of nitro groups is 1. The highest BCUT2D eigenvalue weighted by atomic mass is 16.6. The number of nitrogens with one attached hydrogen (secondary N) is 1. The van der Waals surface area contributed by atoms with Crippen molar-refractivity contribution in [1.82, 2.24) is 0 Å². The molecular formula is C14H18N2O3. The van der Waals surface area contributed by atoms with E-state index in [4.69, 9.17) is 0 Å². The third-order valence-electron chi connectivity index (χ3n) is 3.65. The highest BCUT2D eigenvalue weighted by molar-refractivity contribution is 5.79. The van der Waals surface area contributed by atoms with E-state index in [9.17, 15) is 14.9 Å². The number of aldehydes is 1. The van der Waals surface area contributed by atoms with Gasteiger partial charge >= 0.3 is 0 Å². The summed E-state index contributed by atoms with van der Waals surface area (Å²) >= 11 is 0. The van der Waals surface area contributed by atoms with Gasteiger partial charge in [-0.25, -0.2) is 0 Å². The van der Waals surface area contributed by atoms with Crippen molar-refractivity contribution in [3.8, 4) is 0 Å². The van der Waals surface area contributed by atoms with Crippen LogP contribution < -0.4 is 5.32 Å². The molecule has 1 saturated carbocycles. The van der Waals surface area contributed by atoms with Gasteiger partial charge in [-0.2, -0.15) is 0 Å². The molecular weight excluding hydrogens is 244 g/mol. The Labute approximate surface area is 112 Å². The summed E-state index contributed by atoms with van der Waals surface area (Å²) in [5, 5.41) is 14.3. The molecule has 2 unspecified atom stereocenters. The molecule has 0 aromatic heterocycles. The fraction of sp³-hybridized carbons (Fsp3) is 0.500. The third-order valence-corrected chi connectivity index (χ3v) is 3.65. The van der Waals surface area contributed by atoms with Crippen LogP contribution in [0.4, 0.5) is 11.4 Å². The zero-order chi connectivity index (χ0) is 13.8. The Hall–Kier alpha value is -1.91. The molecule has 0 heterocycles. The summed E-state index contributed by atoms with van der Waals surface area (Å²) in [6.07, 6.45) is 5.08. The number of nitro benzene ring substituents is 1. The first-order valence-electron chi connectivity index (χ1n) is 6.60. The van der Waals surface area contributed by atoms with Crippen molar-refractivity contribution >= 4 is 17.7 Å². The zero-order valence-corrected chi connectivity index (χ0v) is 11.0. The molecule has 102 valence electrons. The van der Waals surface area contributed by atoms with Crippen LogP contribution in [0.2, 0.25) is 0 Å². The van der Waals surface area contributed by atoms with E-state index in [1.165, 1.54) is 12.5 Å². The zero-order valence-electron chi connectivity index (χ0n) is 11.0. The SMILES string of the molecule is CC1CCCC(Nc2ccc(C=O)cc2[N+](=O)[O-])C1. The number of hydrogen-bond donors (Lipinski definition) is 1.